The van der Waals surface area contributed by atoms with Crippen molar-refractivity contribution < 1.29 is 4.79 Å². The third-order valence-electron chi connectivity index (χ3n) is 2.38. The van der Waals surface area contributed by atoms with Crippen LogP contribution in [0, 0.1) is 6.92 Å². The molecule has 0 unspecified atom stereocenters. The highest BCUT2D eigenvalue weighted by molar-refractivity contribution is 5.78. The average molecular weight is 222 g/mol. The molecule has 0 aliphatic carbocycles. The summed E-state index contributed by atoms with van der Waals surface area (Å²) in [5, 5.41) is 9.89. The minimum absolute atomic E-state index is 0.0264. The van der Waals surface area contributed by atoms with Crippen molar-refractivity contribution >= 4 is 5.91 Å². The van der Waals surface area contributed by atoms with Crippen molar-refractivity contribution in [2.24, 2.45) is 7.05 Å². The van der Waals surface area contributed by atoms with E-state index in [0.717, 1.165) is 11.3 Å². The predicted octanol–water partition coefficient (Wildman–Crippen LogP) is 0.120. The quantitative estimate of drug-likeness (QED) is 0.672. The van der Waals surface area contributed by atoms with E-state index in [4.69, 9.17) is 0 Å². The van der Waals surface area contributed by atoms with Gasteiger partial charge < -0.3 is 10.6 Å². The number of nitrogens with zero attached hydrogens (tertiary/aromatic N) is 2. The van der Waals surface area contributed by atoms with Gasteiger partial charge in [0.1, 0.15) is 0 Å². The number of hydrogen-bond donors (Lipinski definition) is 2. The smallest absolute Gasteiger partial charge is 0.234 e. The molecular weight excluding hydrogens is 204 g/mol. The minimum atomic E-state index is -0.0264. The average Bonchev–Trinajstić information content (AvgIpc) is 2.58. The maximum Gasteiger partial charge on any atom is 0.234 e. The zero-order chi connectivity index (χ0) is 12.0. The van der Waals surface area contributed by atoms with Crippen molar-refractivity contribution in [3.05, 3.63) is 30.1 Å². The molecule has 16 heavy (non-hydrogen) atoms. The molecule has 0 saturated carbocycles. The van der Waals surface area contributed by atoms with Crippen LogP contribution >= 0.6 is 0 Å². The third-order valence-corrected chi connectivity index (χ3v) is 2.38. The maximum atomic E-state index is 11.2. The summed E-state index contributed by atoms with van der Waals surface area (Å²) in [5.41, 5.74) is 2.22. The van der Waals surface area contributed by atoms with Crippen LogP contribution < -0.4 is 10.6 Å². The van der Waals surface area contributed by atoms with Crippen molar-refractivity contribution in [1.82, 2.24) is 20.4 Å². The molecule has 1 aromatic heterocycles. The van der Waals surface area contributed by atoms with Crippen LogP contribution in [0.3, 0.4) is 0 Å². The van der Waals surface area contributed by atoms with Gasteiger partial charge in [-0.25, -0.2) is 0 Å². The zero-order valence-electron chi connectivity index (χ0n) is 9.79. The minimum Gasteiger partial charge on any atom is -0.352 e. The van der Waals surface area contributed by atoms with Gasteiger partial charge in [-0.1, -0.05) is 6.08 Å². The van der Waals surface area contributed by atoms with Gasteiger partial charge in [-0.05, 0) is 6.92 Å². The Morgan fingerprint density at radius 2 is 2.44 bits per heavy atom. The van der Waals surface area contributed by atoms with Crippen molar-refractivity contribution in [3.8, 4) is 0 Å². The molecule has 2 N–H and O–H groups in total. The lowest BCUT2D eigenvalue weighted by molar-refractivity contribution is -0.120. The fourth-order valence-corrected chi connectivity index (χ4v) is 1.28. The first-order valence-electron chi connectivity index (χ1n) is 5.21. The molecule has 0 bridgehead atoms. The Labute approximate surface area is 95.5 Å². The lowest BCUT2D eigenvalue weighted by Crippen LogP contribution is -2.33. The van der Waals surface area contributed by atoms with E-state index < -0.39 is 0 Å². The van der Waals surface area contributed by atoms with E-state index in [9.17, 15) is 4.79 Å². The summed E-state index contributed by atoms with van der Waals surface area (Å²) < 4.78 is 1.81. The number of aromatic nitrogens is 2. The summed E-state index contributed by atoms with van der Waals surface area (Å²) in [6, 6.07) is 0. The molecule has 0 atom stereocenters. The maximum absolute atomic E-state index is 11.2. The molecular formula is C11H18N4O. The Morgan fingerprint density at radius 1 is 1.69 bits per heavy atom. The fraction of sp³-hybridized carbons (Fsp3) is 0.455. The summed E-state index contributed by atoms with van der Waals surface area (Å²) in [6.07, 6.45) is 3.47. The SMILES string of the molecule is C=CCNC(=O)CNCc1cnn(C)c1C. The molecule has 1 amide bonds. The van der Waals surface area contributed by atoms with Gasteiger partial charge in [-0.2, -0.15) is 5.10 Å². The fourth-order valence-electron chi connectivity index (χ4n) is 1.28. The number of hydrogen-bond acceptors (Lipinski definition) is 3. The van der Waals surface area contributed by atoms with Gasteiger partial charge in [0, 0.05) is 31.4 Å². The summed E-state index contributed by atoms with van der Waals surface area (Å²) >= 11 is 0. The number of amides is 1. The molecule has 0 aliphatic rings. The topological polar surface area (TPSA) is 59.0 Å². The van der Waals surface area contributed by atoms with Crippen LogP contribution in [0.4, 0.5) is 0 Å². The number of nitrogens with one attached hydrogen (secondary N) is 2. The molecule has 5 nitrogen and oxygen atoms in total. The van der Waals surface area contributed by atoms with Gasteiger partial charge in [0.05, 0.1) is 12.7 Å². The molecule has 1 rings (SSSR count). The van der Waals surface area contributed by atoms with E-state index in [1.54, 1.807) is 6.08 Å². The van der Waals surface area contributed by atoms with Gasteiger partial charge in [0.25, 0.3) is 0 Å². The second-order valence-electron chi connectivity index (χ2n) is 3.58. The first kappa shape index (κ1) is 12.4. The van der Waals surface area contributed by atoms with Crippen molar-refractivity contribution in [2.75, 3.05) is 13.1 Å². The molecule has 0 aromatic carbocycles. The second-order valence-corrected chi connectivity index (χ2v) is 3.58. The Morgan fingerprint density at radius 3 is 3.00 bits per heavy atom. The van der Waals surface area contributed by atoms with Crippen LogP contribution in [0.15, 0.2) is 18.9 Å². The first-order chi connectivity index (χ1) is 7.65. The van der Waals surface area contributed by atoms with E-state index in [0.29, 0.717) is 19.6 Å². The monoisotopic (exact) mass is 222 g/mol. The van der Waals surface area contributed by atoms with Crippen LogP contribution in [-0.2, 0) is 18.4 Å². The van der Waals surface area contributed by atoms with Crippen LogP contribution in [0.25, 0.3) is 0 Å². The van der Waals surface area contributed by atoms with Crippen molar-refractivity contribution in [3.63, 3.8) is 0 Å². The van der Waals surface area contributed by atoms with E-state index in [1.807, 2.05) is 24.9 Å². The van der Waals surface area contributed by atoms with Crippen LogP contribution in [0.2, 0.25) is 0 Å². The molecule has 0 saturated heterocycles. The number of aryl methyl sites for hydroxylation is 1. The lowest BCUT2D eigenvalue weighted by atomic mass is 10.2. The number of carbonyl (C=O) groups is 1. The van der Waals surface area contributed by atoms with Gasteiger partial charge >= 0.3 is 0 Å². The normalized spacial score (nSPS) is 10.1. The summed E-state index contributed by atoms with van der Waals surface area (Å²) in [7, 11) is 1.90. The van der Waals surface area contributed by atoms with Crippen LogP contribution in [0.5, 0.6) is 0 Å². The summed E-state index contributed by atoms with van der Waals surface area (Å²) in [4.78, 5) is 11.2. The lowest BCUT2D eigenvalue weighted by Gasteiger charge is -2.04. The third kappa shape index (κ3) is 3.51. The van der Waals surface area contributed by atoms with E-state index >= 15 is 0 Å². The Kier molecular flexibility index (Phi) is 4.72. The highest BCUT2D eigenvalue weighted by atomic mass is 16.1. The Bertz CT molecular complexity index is 370. The number of carbonyl (C=O) groups excluding carboxylic acids is 1. The van der Waals surface area contributed by atoms with Gasteiger partial charge in [-0.15, -0.1) is 6.58 Å². The second kappa shape index (κ2) is 6.07. The zero-order valence-corrected chi connectivity index (χ0v) is 9.79. The van der Waals surface area contributed by atoms with E-state index in [-0.39, 0.29) is 5.91 Å². The molecule has 0 fully saturated rings. The molecule has 0 radical (unpaired) electrons. The molecule has 88 valence electrons. The largest absolute Gasteiger partial charge is 0.352 e. The first-order valence-corrected chi connectivity index (χ1v) is 5.21. The van der Waals surface area contributed by atoms with E-state index in [1.165, 1.54) is 0 Å². The van der Waals surface area contributed by atoms with Gasteiger partial charge in [-0.3, -0.25) is 9.48 Å². The molecule has 5 heteroatoms. The van der Waals surface area contributed by atoms with Crippen molar-refractivity contribution in [1.29, 1.82) is 0 Å². The highest BCUT2D eigenvalue weighted by Gasteiger charge is 2.04. The van der Waals surface area contributed by atoms with E-state index in [2.05, 4.69) is 22.3 Å². The standard InChI is InChI=1S/C11H18N4O/c1-4-5-13-11(16)8-12-6-10-7-14-15(3)9(10)2/h4,7,12H,1,5-6,8H2,2-3H3,(H,13,16). The van der Waals surface area contributed by atoms with Gasteiger partial charge in [0.2, 0.25) is 5.91 Å². The van der Waals surface area contributed by atoms with Gasteiger partial charge in [0.15, 0.2) is 0 Å². The predicted molar refractivity (Wildman–Crippen MR) is 62.9 cm³/mol. The van der Waals surface area contributed by atoms with Crippen molar-refractivity contribution in [2.45, 2.75) is 13.5 Å². The molecule has 0 aliphatic heterocycles. The van der Waals surface area contributed by atoms with Crippen LogP contribution in [-0.4, -0.2) is 28.8 Å². The number of rotatable bonds is 6. The molecule has 0 spiro atoms. The highest BCUT2D eigenvalue weighted by Crippen LogP contribution is 2.03. The Hall–Kier alpha value is -1.62. The summed E-state index contributed by atoms with van der Waals surface area (Å²) in [5.74, 6) is -0.0264. The Balaban J connectivity index is 2.28. The molecule has 1 heterocycles. The molecule has 1 aromatic rings. The summed E-state index contributed by atoms with van der Waals surface area (Å²) in [6.45, 7) is 7.00. The van der Waals surface area contributed by atoms with Crippen LogP contribution in [0.1, 0.15) is 11.3 Å².